The Kier molecular flexibility index (Phi) is 6.61. The van der Waals surface area contributed by atoms with E-state index in [0.29, 0.717) is 0 Å². The maximum absolute atomic E-state index is 12.8. The molecule has 0 aromatic heterocycles. The summed E-state index contributed by atoms with van der Waals surface area (Å²) in [7, 11) is 3.04. The first-order chi connectivity index (χ1) is 9.93. The molecule has 1 aromatic rings. The standard InChI is InChI=1S/C14H19FN2O4/c1-16(9-11-3-5-12(15)6-4-11)14(20)17(7-8-21-2)10-13(18)19/h3-6H,7-10H2,1-2H3,(H,18,19). The molecule has 6 nitrogen and oxygen atoms in total. The Hall–Kier alpha value is -2.15. The molecule has 0 heterocycles. The predicted octanol–water partition coefficient (Wildman–Crippen LogP) is 1.41. The van der Waals surface area contributed by atoms with Gasteiger partial charge in [-0.05, 0) is 17.7 Å². The second-order valence-electron chi connectivity index (χ2n) is 4.57. The van der Waals surface area contributed by atoms with Crippen LogP contribution in [0.1, 0.15) is 5.56 Å². The molecule has 0 saturated heterocycles. The highest BCUT2D eigenvalue weighted by Gasteiger charge is 2.20. The van der Waals surface area contributed by atoms with E-state index in [4.69, 9.17) is 9.84 Å². The summed E-state index contributed by atoms with van der Waals surface area (Å²) in [5.41, 5.74) is 0.759. The highest BCUT2D eigenvalue weighted by atomic mass is 19.1. The number of urea groups is 1. The number of methoxy groups -OCH3 is 1. The van der Waals surface area contributed by atoms with Crippen LogP contribution in [0.3, 0.4) is 0 Å². The van der Waals surface area contributed by atoms with Gasteiger partial charge in [-0.25, -0.2) is 9.18 Å². The average Bonchev–Trinajstić information content (AvgIpc) is 2.44. The van der Waals surface area contributed by atoms with Gasteiger partial charge < -0.3 is 19.6 Å². The number of aliphatic carboxylic acids is 1. The number of carboxylic acids is 1. The van der Waals surface area contributed by atoms with Gasteiger partial charge in [0.25, 0.3) is 0 Å². The molecule has 0 aliphatic carbocycles. The molecule has 1 aromatic carbocycles. The van der Waals surface area contributed by atoms with Crippen LogP contribution in [-0.4, -0.2) is 60.8 Å². The van der Waals surface area contributed by atoms with Crippen molar-refractivity contribution in [2.75, 3.05) is 33.9 Å². The van der Waals surface area contributed by atoms with Crippen LogP contribution in [0, 0.1) is 5.82 Å². The maximum Gasteiger partial charge on any atom is 0.323 e. The lowest BCUT2D eigenvalue weighted by Gasteiger charge is -2.26. The van der Waals surface area contributed by atoms with Crippen molar-refractivity contribution < 1.29 is 23.8 Å². The van der Waals surface area contributed by atoms with Gasteiger partial charge in [0.1, 0.15) is 12.4 Å². The topological polar surface area (TPSA) is 70.1 Å². The summed E-state index contributed by atoms with van der Waals surface area (Å²) >= 11 is 0. The van der Waals surface area contributed by atoms with E-state index in [2.05, 4.69) is 0 Å². The molecule has 0 fully saturated rings. The fourth-order valence-electron chi connectivity index (χ4n) is 1.78. The van der Waals surface area contributed by atoms with Gasteiger partial charge in [-0.2, -0.15) is 0 Å². The minimum Gasteiger partial charge on any atom is -0.480 e. The van der Waals surface area contributed by atoms with Gasteiger partial charge in [0.05, 0.1) is 6.61 Å². The third-order valence-electron chi connectivity index (χ3n) is 2.82. The van der Waals surface area contributed by atoms with Crippen molar-refractivity contribution in [2.45, 2.75) is 6.54 Å². The van der Waals surface area contributed by atoms with E-state index in [1.165, 1.54) is 29.0 Å². The van der Waals surface area contributed by atoms with E-state index < -0.39 is 18.5 Å². The third-order valence-corrected chi connectivity index (χ3v) is 2.82. The molecule has 7 heteroatoms. The molecular weight excluding hydrogens is 279 g/mol. The molecule has 0 aliphatic heterocycles. The van der Waals surface area contributed by atoms with E-state index >= 15 is 0 Å². The van der Waals surface area contributed by atoms with Gasteiger partial charge in [0.2, 0.25) is 0 Å². The lowest BCUT2D eigenvalue weighted by molar-refractivity contribution is -0.137. The largest absolute Gasteiger partial charge is 0.480 e. The van der Waals surface area contributed by atoms with Crippen molar-refractivity contribution >= 4 is 12.0 Å². The number of carbonyl (C=O) groups is 2. The van der Waals surface area contributed by atoms with Crippen LogP contribution in [0.4, 0.5) is 9.18 Å². The van der Waals surface area contributed by atoms with Crippen molar-refractivity contribution in [2.24, 2.45) is 0 Å². The minimum absolute atomic E-state index is 0.190. The summed E-state index contributed by atoms with van der Waals surface area (Å²) in [6.07, 6.45) is 0. The Morgan fingerprint density at radius 2 is 1.90 bits per heavy atom. The van der Waals surface area contributed by atoms with Crippen molar-refractivity contribution in [3.05, 3.63) is 35.6 Å². The van der Waals surface area contributed by atoms with Crippen molar-refractivity contribution in [3.63, 3.8) is 0 Å². The Morgan fingerprint density at radius 1 is 1.29 bits per heavy atom. The first-order valence-corrected chi connectivity index (χ1v) is 6.39. The fourth-order valence-corrected chi connectivity index (χ4v) is 1.78. The highest BCUT2D eigenvalue weighted by molar-refractivity contribution is 5.80. The number of carbonyl (C=O) groups excluding carboxylic acids is 1. The Balaban J connectivity index is 2.67. The zero-order chi connectivity index (χ0) is 15.8. The lowest BCUT2D eigenvalue weighted by Crippen LogP contribution is -2.44. The fraction of sp³-hybridized carbons (Fsp3) is 0.429. The number of amides is 2. The summed E-state index contributed by atoms with van der Waals surface area (Å²) in [6.45, 7) is 0.316. The summed E-state index contributed by atoms with van der Waals surface area (Å²) < 4.78 is 17.7. The molecule has 2 amide bonds. The number of carboxylic acid groups (broad SMARTS) is 1. The van der Waals surface area contributed by atoms with Crippen molar-refractivity contribution in [3.8, 4) is 0 Å². The molecule has 0 radical (unpaired) electrons. The molecule has 0 spiro atoms. The SMILES string of the molecule is COCCN(CC(=O)O)C(=O)N(C)Cc1ccc(F)cc1. The molecule has 0 atom stereocenters. The van der Waals surface area contributed by atoms with E-state index in [0.717, 1.165) is 5.56 Å². The number of halogens is 1. The minimum atomic E-state index is -1.09. The monoisotopic (exact) mass is 298 g/mol. The lowest BCUT2D eigenvalue weighted by atomic mass is 10.2. The first-order valence-electron chi connectivity index (χ1n) is 6.39. The molecule has 116 valence electrons. The number of hydrogen-bond donors (Lipinski definition) is 1. The number of nitrogens with zero attached hydrogens (tertiary/aromatic N) is 2. The molecule has 0 saturated carbocycles. The van der Waals surface area contributed by atoms with Crippen LogP contribution in [0.2, 0.25) is 0 Å². The first kappa shape index (κ1) is 16.9. The van der Waals surface area contributed by atoms with Crippen molar-refractivity contribution in [1.29, 1.82) is 0 Å². The van der Waals surface area contributed by atoms with Gasteiger partial charge in [0, 0.05) is 27.2 Å². The van der Waals surface area contributed by atoms with E-state index in [9.17, 15) is 14.0 Å². The van der Waals surface area contributed by atoms with Crippen LogP contribution in [0.15, 0.2) is 24.3 Å². The zero-order valence-electron chi connectivity index (χ0n) is 12.1. The van der Waals surface area contributed by atoms with Crippen LogP contribution in [0.5, 0.6) is 0 Å². The second-order valence-corrected chi connectivity index (χ2v) is 4.57. The Morgan fingerprint density at radius 3 is 2.43 bits per heavy atom. The summed E-state index contributed by atoms with van der Waals surface area (Å²) in [5, 5.41) is 8.84. The van der Waals surface area contributed by atoms with Gasteiger partial charge in [-0.3, -0.25) is 4.79 Å². The van der Waals surface area contributed by atoms with Crippen LogP contribution < -0.4 is 0 Å². The molecule has 1 N–H and O–H groups in total. The van der Waals surface area contributed by atoms with Crippen LogP contribution in [-0.2, 0) is 16.1 Å². The Labute approximate surface area is 122 Å². The van der Waals surface area contributed by atoms with E-state index in [1.807, 2.05) is 0 Å². The van der Waals surface area contributed by atoms with Gasteiger partial charge in [0.15, 0.2) is 0 Å². The van der Waals surface area contributed by atoms with Crippen LogP contribution >= 0.6 is 0 Å². The smallest absolute Gasteiger partial charge is 0.323 e. The highest BCUT2D eigenvalue weighted by Crippen LogP contribution is 2.07. The quantitative estimate of drug-likeness (QED) is 0.826. The van der Waals surface area contributed by atoms with Gasteiger partial charge >= 0.3 is 12.0 Å². The molecule has 0 unspecified atom stereocenters. The second kappa shape index (κ2) is 8.21. The number of rotatable bonds is 7. The van der Waals surface area contributed by atoms with Gasteiger partial charge in [-0.15, -0.1) is 0 Å². The van der Waals surface area contributed by atoms with E-state index in [-0.39, 0.29) is 25.5 Å². The van der Waals surface area contributed by atoms with Gasteiger partial charge in [-0.1, -0.05) is 12.1 Å². The Bertz CT molecular complexity index is 478. The molecule has 1 rings (SSSR count). The van der Waals surface area contributed by atoms with Crippen LogP contribution in [0.25, 0.3) is 0 Å². The summed E-state index contributed by atoms with van der Waals surface area (Å²) in [6, 6.07) is 5.37. The third kappa shape index (κ3) is 5.78. The molecular formula is C14H19FN2O4. The summed E-state index contributed by atoms with van der Waals surface area (Å²) in [4.78, 5) is 25.6. The predicted molar refractivity (Wildman–Crippen MR) is 74.3 cm³/mol. The van der Waals surface area contributed by atoms with E-state index in [1.54, 1.807) is 19.2 Å². The molecule has 0 aliphatic rings. The van der Waals surface area contributed by atoms with Crippen molar-refractivity contribution in [1.82, 2.24) is 9.80 Å². The number of hydrogen-bond acceptors (Lipinski definition) is 3. The molecule has 21 heavy (non-hydrogen) atoms. The normalized spacial score (nSPS) is 10.2. The summed E-state index contributed by atoms with van der Waals surface area (Å²) in [5.74, 6) is -1.44. The number of ether oxygens (including phenoxy) is 1. The molecule has 0 bridgehead atoms. The zero-order valence-corrected chi connectivity index (χ0v) is 12.1. The average molecular weight is 298 g/mol. The maximum atomic E-state index is 12.8. The number of benzene rings is 1.